The molecule has 2 aromatic rings. The van der Waals surface area contributed by atoms with Crippen molar-refractivity contribution in [2.45, 2.75) is 0 Å². The first kappa shape index (κ1) is 13.9. The molecule has 1 heterocycles. The third-order valence-corrected chi connectivity index (χ3v) is 3.53. The Labute approximate surface area is 127 Å². The monoisotopic (exact) mass is 294 g/mol. The largest absolute Gasteiger partial charge is 0.478 e. The molecular formula is C17H14N2O3. The highest BCUT2D eigenvalue weighted by molar-refractivity contribution is 6.13. The van der Waals surface area contributed by atoms with Crippen molar-refractivity contribution in [3.63, 3.8) is 0 Å². The zero-order valence-electron chi connectivity index (χ0n) is 11.7. The van der Waals surface area contributed by atoms with Crippen molar-refractivity contribution < 1.29 is 14.7 Å². The second-order valence-corrected chi connectivity index (χ2v) is 4.91. The molecule has 0 unspecified atom stereocenters. The van der Waals surface area contributed by atoms with Gasteiger partial charge >= 0.3 is 5.97 Å². The van der Waals surface area contributed by atoms with Crippen LogP contribution in [0.4, 0.5) is 17.1 Å². The molecule has 0 radical (unpaired) electrons. The first-order valence-corrected chi connectivity index (χ1v) is 6.78. The van der Waals surface area contributed by atoms with Crippen molar-refractivity contribution in [3.8, 4) is 0 Å². The van der Waals surface area contributed by atoms with E-state index in [0.717, 1.165) is 11.4 Å². The summed E-state index contributed by atoms with van der Waals surface area (Å²) < 4.78 is 0. The van der Waals surface area contributed by atoms with Crippen LogP contribution in [-0.4, -0.2) is 23.5 Å². The highest BCUT2D eigenvalue weighted by atomic mass is 16.4. The Hall–Kier alpha value is -3.08. The van der Waals surface area contributed by atoms with Gasteiger partial charge in [0, 0.05) is 6.54 Å². The minimum Gasteiger partial charge on any atom is -0.478 e. The summed E-state index contributed by atoms with van der Waals surface area (Å²) in [6.45, 7) is 4.26. The van der Waals surface area contributed by atoms with Crippen LogP contribution in [0.3, 0.4) is 0 Å². The topological polar surface area (TPSA) is 69.6 Å². The Morgan fingerprint density at radius 3 is 2.73 bits per heavy atom. The molecule has 5 nitrogen and oxygen atoms in total. The molecule has 0 aliphatic carbocycles. The molecule has 0 saturated heterocycles. The molecule has 3 rings (SSSR count). The van der Waals surface area contributed by atoms with Crippen LogP contribution >= 0.6 is 0 Å². The molecule has 2 aromatic carbocycles. The fourth-order valence-corrected chi connectivity index (χ4v) is 2.55. The van der Waals surface area contributed by atoms with Gasteiger partial charge in [0.15, 0.2) is 0 Å². The Bertz CT molecular complexity index is 783. The summed E-state index contributed by atoms with van der Waals surface area (Å²) in [6.07, 6.45) is 1.74. The SMILES string of the molecule is C=CCN1c2ccc(C(=O)O)cc2NC(=O)c2ccccc21. The quantitative estimate of drug-likeness (QED) is 0.852. The van der Waals surface area contributed by atoms with Crippen molar-refractivity contribution >= 4 is 28.9 Å². The highest BCUT2D eigenvalue weighted by Crippen LogP contribution is 2.38. The van der Waals surface area contributed by atoms with Gasteiger partial charge in [-0.05, 0) is 30.3 Å². The van der Waals surface area contributed by atoms with E-state index >= 15 is 0 Å². The summed E-state index contributed by atoms with van der Waals surface area (Å²) in [4.78, 5) is 25.5. The number of nitrogens with zero attached hydrogens (tertiary/aromatic N) is 1. The average Bonchev–Trinajstić information content (AvgIpc) is 2.63. The van der Waals surface area contributed by atoms with E-state index in [0.29, 0.717) is 17.8 Å². The van der Waals surface area contributed by atoms with E-state index in [1.54, 1.807) is 24.3 Å². The molecule has 0 saturated carbocycles. The van der Waals surface area contributed by atoms with E-state index in [-0.39, 0.29) is 11.5 Å². The number of amides is 1. The van der Waals surface area contributed by atoms with Crippen molar-refractivity contribution in [1.29, 1.82) is 0 Å². The zero-order chi connectivity index (χ0) is 15.7. The van der Waals surface area contributed by atoms with Gasteiger partial charge in [-0.1, -0.05) is 18.2 Å². The van der Waals surface area contributed by atoms with Crippen LogP contribution in [-0.2, 0) is 0 Å². The molecule has 5 heteroatoms. The summed E-state index contributed by atoms with van der Waals surface area (Å²) >= 11 is 0. The molecule has 0 spiro atoms. The number of carboxylic acid groups (broad SMARTS) is 1. The Morgan fingerprint density at radius 2 is 2.00 bits per heavy atom. The van der Waals surface area contributed by atoms with Crippen LogP contribution in [0.2, 0.25) is 0 Å². The number of rotatable bonds is 3. The molecule has 110 valence electrons. The van der Waals surface area contributed by atoms with Crippen LogP contribution in [0.5, 0.6) is 0 Å². The molecule has 0 bridgehead atoms. The summed E-state index contributed by atoms with van der Waals surface area (Å²) in [7, 11) is 0. The molecule has 1 aliphatic rings. The summed E-state index contributed by atoms with van der Waals surface area (Å²) in [6, 6.07) is 11.9. The van der Waals surface area contributed by atoms with E-state index in [4.69, 9.17) is 5.11 Å². The summed E-state index contributed by atoms with van der Waals surface area (Å²) in [5.41, 5.74) is 2.65. The Balaban J connectivity index is 2.22. The fourth-order valence-electron chi connectivity index (χ4n) is 2.55. The van der Waals surface area contributed by atoms with E-state index in [1.807, 2.05) is 17.0 Å². The van der Waals surface area contributed by atoms with Gasteiger partial charge in [-0.15, -0.1) is 6.58 Å². The molecule has 1 amide bonds. The lowest BCUT2D eigenvalue weighted by atomic mass is 10.1. The number of benzene rings is 2. The zero-order valence-corrected chi connectivity index (χ0v) is 11.7. The molecule has 22 heavy (non-hydrogen) atoms. The van der Waals surface area contributed by atoms with Gasteiger partial charge in [-0.3, -0.25) is 4.79 Å². The van der Waals surface area contributed by atoms with Crippen LogP contribution in [0, 0.1) is 0 Å². The maximum atomic E-state index is 12.4. The number of carbonyl (C=O) groups is 2. The molecule has 0 atom stereocenters. The van der Waals surface area contributed by atoms with Gasteiger partial charge in [0.25, 0.3) is 5.91 Å². The fraction of sp³-hybridized carbons (Fsp3) is 0.0588. The maximum absolute atomic E-state index is 12.4. The van der Waals surface area contributed by atoms with Gasteiger partial charge in [-0.25, -0.2) is 4.79 Å². The van der Waals surface area contributed by atoms with E-state index in [2.05, 4.69) is 11.9 Å². The van der Waals surface area contributed by atoms with Crippen LogP contribution < -0.4 is 10.2 Å². The number of para-hydroxylation sites is 1. The second-order valence-electron chi connectivity index (χ2n) is 4.91. The summed E-state index contributed by atoms with van der Waals surface area (Å²) in [5.74, 6) is -1.29. The lowest BCUT2D eigenvalue weighted by molar-refractivity contribution is 0.0696. The molecule has 2 N–H and O–H groups in total. The molecular weight excluding hydrogens is 280 g/mol. The predicted octanol–water partition coefficient (Wildman–Crippen LogP) is 3.27. The van der Waals surface area contributed by atoms with Crippen molar-refractivity contribution in [2.24, 2.45) is 0 Å². The van der Waals surface area contributed by atoms with Gasteiger partial charge in [0.05, 0.1) is 28.2 Å². The number of aromatic carboxylic acids is 1. The smallest absolute Gasteiger partial charge is 0.335 e. The standard InChI is InChI=1S/C17H14N2O3/c1-2-9-19-14-6-4-3-5-12(14)16(20)18-13-10-11(17(21)22)7-8-15(13)19/h2-8,10H,1,9H2,(H,18,20)(H,21,22). The molecule has 0 aromatic heterocycles. The Kier molecular flexibility index (Phi) is 3.39. The minimum atomic E-state index is -1.03. The number of hydrogen-bond donors (Lipinski definition) is 2. The van der Waals surface area contributed by atoms with Crippen LogP contribution in [0.1, 0.15) is 20.7 Å². The maximum Gasteiger partial charge on any atom is 0.335 e. The van der Waals surface area contributed by atoms with Crippen molar-refractivity contribution in [2.75, 3.05) is 16.8 Å². The highest BCUT2D eigenvalue weighted by Gasteiger charge is 2.24. The van der Waals surface area contributed by atoms with Crippen LogP contribution in [0.25, 0.3) is 0 Å². The van der Waals surface area contributed by atoms with E-state index in [1.165, 1.54) is 12.1 Å². The number of hydrogen-bond acceptors (Lipinski definition) is 3. The lowest BCUT2D eigenvalue weighted by Crippen LogP contribution is -2.17. The lowest BCUT2D eigenvalue weighted by Gasteiger charge is -2.24. The second kappa shape index (κ2) is 5.37. The first-order chi connectivity index (χ1) is 10.6. The summed E-state index contributed by atoms with van der Waals surface area (Å²) in [5, 5.41) is 11.9. The molecule has 1 aliphatic heterocycles. The van der Waals surface area contributed by atoms with E-state index < -0.39 is 5.97 Å². The average molecular weight is 294 g/mol. The van der Waals surface area contributed by atoms with Gasteiger partial charge in [0.2, 0.25) is 0 Å². The van der Waals surface area contributed by atoms with Gasteiger partial charge in [-0.2, -0.15) is 0 Å². The predicted molar refractivity (Wildman–Crippen MR) is 85.0 cm³/mol. The molecule has 0 fully saturated rings. The van der Waals surface area contributed by atoms with Gasteiger partial charge in [0.1, 0.15) is 0 Å². The van der Waals surface area contributed by atoms with E-state index in [9.17, 15) is 9.59 Å². The van der Waals surface area contributed by atoms with Gasteiger partial charge < -0.3 is 15.3 Å². The number of nitrogens with one attached hydrogen (secondary N) is 1. The van der Waals surface area contributed by atoms with Crippen molar-refractivity contribution in [1.82, 2.24) is 0 Å². The normalized spacial score (nSPS) is 12.7. The number of carbonyl (C=O) groups excluding carboxylic acids is 1. The van der Waals surface area contributed by atoms with Crippen molar-refractivity contribution in [3.05, 3.63) is 66.2 Å². The third kappa shape index (κ3) is 2.22. The number of fused-ring (bicyclic) bond motifs is 2. The Morgan fingerprint density at radius 1 is 1.23 bits per heavy atom. The minimum absolute atomic E-state index is 0.128. The third-order valence-electron chi connectivity index (χ3n) is 3.53. The number of carboxylic acids is 1. The van der Waals surface area contributed by atoms with Crippen LogP contribution in [0.15, 0.2) is 55.1 Å². The first-order valence-electron chi connectivity index (χ1n) is 6.78. The number of anilines is 3.